The molecule has 1 aromatic carbocycles. The van der Waals surface area contributed by atoms with Gasteiger partial charge in [-0.05, 0) is 55.0 Å². The van der Waals surface area contributed by atoms with Crippen LogP contribution in [-0.4, -0.2) is 56.3 Å². The molecule has 4 heterocycles. The maximum atomic E-state index is 13.1. The molecule has 0 saturated carbocycles. The number of benzene rings is 1. The van der Waals surface area contributed by atoms with Crippen molar-refractivity contribution < 1.29 is 14.3 Å². The van der Waals surface area contributed by atoms with E-state index >= 15 is 0 Å². The number of ether oxygens (including phenoxy) is 1. The Hall–Kier alpha value is -4.57. The lowest BCUT2D eigenvalue weighted by Gasteiger charge is -2.34. The van der Waals surface area contributed by atoms with Gasteiger partial charge in [-0.15, -0.1) is 0 Å². The van der Waals surface area contributed by atoms with Gasteiger partial charge in [-0.1, -0.05) is 32.1 Å². The molecule has 41 heavy (non-hydrogen) atoms. The summed E-state index contributed by atoms with van der Waals surface area (Å²) in [4.78, 5) is 41.5. The third-order valence-electron chi connectivity index (χ3n) is 7.33. The highest BCUT2D eigenvalue weighted by Gasteiger charge is 2.31. The molecule has 1 saturated heterocycles. The van der Waals surface area contributed by atoms with Crippen molar-refractivity contribution in [3.8, 4) is 11.3 Å². The predicted molar refractivity (Wildman–Crippen MR) is 158 cm³/mol. The van der Waals surface area contributed by atoms with Crippen LogP contribution < -0.4 is 11.1 Å². The van der Waals surface area contributed by atoms with E-state index in [-0.39, 0.29) is 17.9 Å². The third-order valence-corrected chi connectivity index (χ3v) is 7.33. The normalized spacial score (nSPS) is 15.6. The largest absolute Gasteiger partial charge is 0.382 e. The first-order valence-electron chi connectivity index (χ1n) is 13.8. The van der Waals surface area contributed by atoms with Gasteiger partial charge < -0.3 is 20.7 Å². The number of fused-ring (bicyclic) bond motifs is 1. The van der Waals surface area contributed by atoms with E-state index < -0.39 is 0 Å². The number of piperidine rings is 1. The van der Waals surface area contributed by atoms with Crippen molar-refractivity contribution >= 4 is 29.0 Å². The van der Waals surface area contributed by atoms with Crippen LogP contribution in [0, 0.1) is 0 Å². The highest BCUT2D eigenvalue weighted by Crippen LogP contribution is 2.36. The summed E-state index contributed by atoms with van der Waals surface area (Å²) in [5, 5.41) is 2.88. The van der Waals surface area contributed by atoms with Crippen molar-refractivity contribution in [2.24, 2.45) is 0 Å². The lowest BCUT2D eigenvalue weighted by molar-refractivity contribution is -0.130. The van der Waals surface area contributed by atoms with Gasteiger partial charge in [0.05, 0.1) is 12.6 Å². The number of carbonyl (C=O) groups excluding carboxylic acids is 2. The minimum atomic E-state index is -0.251. The fourth-order valence-electron chi connectivity index (χ4n) is 5.17. The molecule has 212 valence electrons. The summed E-state index contributed by atoms with van der Waals surface area (Å²) >= 11 is 0. The standard InChI is InChI=1S/C31H35N7O3/c1-20(2)23-13-14-33-25(19-23)35-31(40)22-11-9-21(10-12-22)27-28-29(32)34-15-17-38(28)30(36-27)24-7-4-5-16-37(24)26(39)8-6-18-41-3/h6,8-15,17,19-20,24H,4-5,7,16,18H2,1-3H3,(H2,32,34)(H,33,35,40)/b8-6+/t24-/m0/s1. The molecule has 3 aromatic heterocycles. The number of likely N-dealkylation sites (tertiary alicyclic amines) is 1. The number of pyridine rings is 1. The van der Waals surface area contributed by atoms with E-state index in [1.807, 2.05) is 39.8 Å². The molecule has 0 unspecified atom stereocenters. The van der Waals surface area contributed by atoms with Crippen LogP contribution in [0.4, 0.5) is 11.6 Å². The van der Waals surface area contributed by atoms with Crippen molar-refractivity contribution in [2.75, 3.05) is 31.3 Å². The second kappa shape index (κ2) is 12.3. The summed E-state index contributed by atoms with van der Waals surface area (Å²) in [5.74, 6) is 1.59. The summed E-state index contributed by atoms with van der Waals surface area (Å²) in [5.41, 5.74) is 10.1. The Morgan fingerprint density at radius 3 is 2.71 bits per heavy atom. The van der Waals surface area contributed by atoms with Crippen molar-refractivity contribution in [3.63, 3.8) is 0 Å². The lowest BCUT2D eigenvalue weighted by atomic mass is 10.0. The molecule has 1 aliphatic rings. The van der Waals surface area contributed by atoms with Crippen LogP contribution in [0.2, 0.25) is 0 Å². The molecule has 0 bridgehead atoms. The Kier molecular flexibility index (Phi) is 8.39. The number of hydrogen-bond donors (Lipinski definition) is 2. The van der Waals surface area contributed by atoms with Crippen molar-refractivity contribution in [3.05, 3.63) is 84.1 Å². The number of rotatable bonds is 8. The van der Waals surface area contributed by atoms with E-state index in [1.54, 1.807) is 43.8 Å². The molecule has 0 aliphatic carbocycles. The number of nitrogens with one attached hydrogen (secondary N) is 1. The molecule has 2 amide bonds. The quantitative estimate of drug-likeness (QED) is 0.294. The van der Waals surface area contributed by atoms with E-state index in [9.17, 15) is 9.59 Å². The van der Waals surface area contributed by atoms with Crippen molar-refractivity contribution in [1.82, 2.24) is 24.3 Å². The van der Waals surface area contributed by atoms with E-state index in [0.717, 1.165) is 36.2 Å². The Bertz CT molecular complexity index is 1580. The van der Waals surface area contributed by atoms with Gasteiger partial charge >= 0.3 is 0 Å². The van der Waals surface area contributed by atoms with Gasteiger partial charge in [0.25, 0.3) is 5.91 Å². The number of hydrogen-bond acceptors (Lipinski definition) is 7. The number of amides is 2. The number of imidazole rings is 1. The predicted octanol–water partition coefficient (Wildman–Crippen LogP) is 5.01. The average Bonchev–Trinajstić information content (AvgIpc) is 3.38. The average molecular weight is 554 g/mol. The number of nitrogens with zero attached hydrogens (tertiary/aromatic N) is 5. The van der Waals surface area contributed by atoms with Crippen LogP contribution >= 0.6 is 0 Å². The summed E-state index contributed by atoms with van der Waals surface area (Å²) in [6.45, 7) is 5.20. The van der Waals surface area contributed by atoms with Gasteiger partial charge in [0.2, 0.25) is 5.91 Å². The number of carbonyl (C=O) groups is 2. The first-order chi connectivity index (χ1) is 19.9. The number of aromatic nitrogens is 4. The number of nitrogens with two attached hydrogens (primary N) is 1. The maximum Gasteiger partial charge on any atom is 0.256 e. The maximum absolute atomic E-state index is 13.1. The van der Waals surface area contributed by atoms with Crippen LogP contribution in [0.1, 0.15) is 66.8 Å². The Morgan fingerprint density at radius 2 is 1.95 bits per heavy atom. The topological polar surface area (TPSA) is 128 Å². The molecule has 1 atom stereocenters. The molecular formula is C31H35N7O3. The van der Waals surface area contributed by atoms with Crippen molar-refractivity contribution in [1.29, 1.82) is 0 Å². The van der Waals surface area contributed by atoms with E-state index in [0.29, 0.717) is 47.5 Å². The second-order valence-corrected chi connectivity index (χ2v) is 10.4. The van der Waals surface area contributed by atoms with Crippen LogP contribution in [0.25, 0.3) is 16.8 Å². The molecule has 1 fully saturated rings. The van der Waals surface area contributed by atoms with Gasteiger partial charge in [-0.25, -0.2) is 15.0 Å². The van der Waals surface area contributed by atoms with Crippen LogP contribution in [0.3, 0.4) is 0 Å². The molecule has 10 heteroatoms. The molecular weight excluding hydrogens is 518 g/mol. The summed E-state index contributed by atoms with van der Waals surface area (Å²) in [6, 6.07) is 10.8. The van der Waals surface area contributed by atoms with Crippen LogP contribution in [-0.2, 0) is 9.53 Å². The molecule has 3 N–H and O–H groups in total. The van der Waals surface area contributed by atoms with E-state index in [4.69, 9.17) is 15.5 Å². The Morgan fingerprint density at radius 1 is 1.15 bits per heavy atom. The summed E-state index contributed by atoms with van der Waals surface area (Å²) in [7, 11) is 1.59. The second-order valence-electron chi connectivity index (χ2n) is 10.4. The van der Waals surface area contributed by atoms with Gasteiger partial charge in [-0.3, -0.25) is 14.0 Å². The van der Waals surface area contributed by atoms with Crippen LogP contribution in [0.5, 0.6) is 0 Å². The van der Waals surface area contributed by atoms with Crippen LogP contribution in [0.15, 0.2) is 67.1 Å². The summed E-state index contributed by atoms with van der Waals surface area (Å²) in [6.07, 6.45) is 11.2. The molecule has 4 aromatic rings. The van der Waals surface area contributed by atoms with Gasteiger partial charge in [-0.2, -0.15) is 0 Å². The minimum absolute atomic E-state index is 0.0733. The fraction of sp³-hybridized carbons (Fsp3) is 0.323. The van der Waals surface area contributed by atoms with Crippen molar-refractivity contribution in [2.45, 2.75) is 45.1 Å². The highest BCUT2D eigenvalue weighted by molar-refractivity contribution is 6.04. The monoisotopic (exact) mass is 553 g/mol. The van der Waals surface area contributed by atoms with Gasteiger partial charge in [0, 0.05) is 49.4 Å². The Labute approximate surface area is 239 Å². The SMILES string of the molecule is COC/C=C/C(=O)N1CCCC[C@H]1c1nc(-c2ccc(C(=O)Nc3cc(C(C)C)ccn3)cc2)c2c(N)nccn12. The van der Waals surface area contributed by atoms with Gasteiger partial charge in [0.1, 0.15) is 28.7 Å². The third kappa shape index (κ3) is 5.97. The molecule has 10 nitrogen and oxygen atoms in total. The van der Waals surface area contributed by atoms with E-state index in [2.05, 4.69) is 29.1 Å². The molecule has 0 radical (unpaired) electrons. The first-order valence-corrected chi connectivity index (χ1v) is 13.8. The number of anilines is 2. The van der Waals surface area contributed by atoms with E-state index in [1.165, 1.54) is 0 Å². The minimum Gasteiger partial charge on any atom is -0.382 e. The molecule has 0 spiro atoms. The molecule has 5 rings (SSSR count). The zero-order valence-electron chi connectivity index (χ0n) is 23.6. The molecule has 1 aliphatic heterocycles. The number of nitrogen functional groups attached to an aromatic ring is 1. The smallest absolute Gasteiger partial charge is 0.256 e. The first kappa shape index (κ1) is 28.0. The highest BCUT2D eigenvalue weighted by atomic mass is 16.5. The zero-order chi connectivity index (χ0) is 28.9. The summed E-state index contributed by atoms with van der Waals surface area (Å²) < 4.78 is 6.99. The fourth-order valence-corrected chi connectivity index (χ4v) is 5.17. The lowest BCUT2D eigenvalue weighted by Crippen LogP contribution is -2.38. The Balaban J connectivity index is 1.45. The van der Waals surface area contributed by atoms with Gasteiger partial charge in [0.15, 0.2) is 0 Å². The zero-order valence-corrected chi connectivity index (χ0v) is 23.6. The number of methoxy groups -OCH3 is 1.